The quantitative estimate of drug-likeness (QED) is 0.772. The number of hydrogen-bond donors (Lipinski definition) is 2. The molecule has 0 spiro atoms. The van der Waals surface area contributed by atoms with Crippen molar-refractivity contribution in [2.45, 2.75) is 6.04 Å². The average molecular weight is 278 g/mol. The van der Waals surface area contributed by atoms with Gasteiger partial charge in [-0.25, -0.2) is 4.79 Å². The first-order valence-electron chi connectivity index (χ1n) is 6.59. The van der Waals surface area contributed by atoms with Crippen LogP contribution in [0.5, 0.6) is 0 Å². The number of carboxylic acid groups (broad SMARTS) is 1. The predicted octanol–water partition coefficient (Wildman–Crippen LogP) is 2.98. The van der Waals surface area contributed by atoms with Crippen LogP contribution in [0.25, 0.3) is 10.9 Å². The Morgan fingerprint density at radius 1 is 1.05 bits per heavy atom. The molecular weight excluding hydrogens is 264 g/mol. The van der Waals surface area contributed by atoms with Crippen LogP contribution in [0.15, 0.2) is 60.8 Å². The molecule has 1 unspecified atom stereocenters. The first-order chi connectivity index (χ1) is 10.2. The molecule has 4 heteroatoms. The van der Waals surface area contributed by atoms with Gasteiger partial charge in [-0.1, -0.05) is 36.4 Å². The monoisotopic (exact) mass is 278 g/mol. The van der Waals surface area contributed by atoms with E-state index in [1.54, 1.807) is 30.5 Å². The zero-order chi connectivity index (χ0) is 14.8. The summed E-state index contributed by atoms with van der Waals surface area (Å²) in [5, 5.41) is 9.97. The van der Waals surface area contributed by atoms with E-state index in [4.69, 9.17) is 10.8 Å². The normalized spacial score (nSPS) is 12.2. The van der Waals surface area contributed by atoms with Crippen LogP contribution < -0.4 is 5.73 Å². The van der Waals surface area contributed by atoms with Gasteiger partial charge >= 0.3 is 5.97 Å². The number of pyridine rings is 1. The first kappa shape index (κ1) is 13.3. The molecule has 104 valence electrons. The lowest BCUT2D eigenvalue weighted by Gasteiger charge is -2.14. The molecule has 1 aromatic heterocycles. The molecule has 0 bridgehead atoms. The molecule has 1 atom stereocenters. The van der Waals surface area contributed by atoms with Gasteiger partial charge in [-0.3, -0.25) is 4.98 Å². The smallest absolute Gasteiger partial charge is 0.335 e. The average Bonchev–Trinajstić information content (AvgIpc) is 2.53. The van der Waals surface area contributed by atoms with E-state index < -0.39 is 5.97 Å². The molecule has 0 aliphatic carbocycles. The molecule has 2 aromatic carbocycles. The van der Waals surface area contributed by atoms with Gasteiger partial charge in [-0.15, -0.1) is 0 Å². The third-order valence-corrected chi connectivity index (χ3v) is 3.52. The molecule has 0 saturated carbocycles. The Hall–Kier alpha value is -2.72. The van der Waals surface area contributed by atoms with Gasteiger partial charge in [0.15, 0.2) is 0 Å². The minimum absolute atomic E-state index is 0.252. The summed E-state index contributed by atoms with van der Waals surface area (Å²) in [5.41, 5.74) is 9.23. The highest BCUT2D eigenvalue weighted by Gasteiger charge is 2.13. The van der Waals surface area contributed by atoms with Crippen molar-refractivity contribution in [3.63, 3.8) is 0 Å². The number of aromatic carboxylic acids is 1. The lowest BCUT2D eigenvalue weighted by atomic mass is 9.96. The Balaban J connectivity index is 2.04. The van der Waals surface area contributed by atoms with Gasteiger partial charge in [0.25, 0.3) is 0 Å². The van der Waals surface area contributed by atoms with Crippen molar-refractivity contribution in [1.29, 1.82) is 0 Å². The number of hydrogen-bond acceptors (Lipinski definition) is 3. The van der Waals surface area contributed by atoms with E-state index in [2.05, 4.69) is 4.98 Å². The van der Waals surface area contributed by atoms with Gasteiger partial charge < -0.3 is 10.8 Å². The van der Waals surface area contributed by atoms with Crippen molar-refractivity contribution < 1.29 is 9.90 Å². The molecule has 1 heterocycles. The van der Waals surface area contributed by atoms with E-state index >= 15 is 0 Å². The van der Waals surface area contributed by atoms with E-state index in [0.717, 1.165) is 22.0 Å². The lowest BCUT2D eigenvalue weighted by Crippen LogP contribution is -2.13. The van der Waals surface area contributed by atoms with Crippen LogP contribution in [0.2, 0.25) is 0 Å². The van der Waals surface area contributed by atoms with Crippen molar-refractivity contribution in [3.8, 4) is 0 Å². The molecular formula is C17H14N2O2. The third kappa shape index (κ3) is 2.49. The first-order valence-corrected chi connectivity index (χ1v) is 6.59. The second-order valence-corrected chi connectivity index (χ2v) is 4.83. The van der Waals surface area contributed by atoms with Crippen LogP contribution in [0.1, 0.15) is 27.5 Å². The van der Waals surface area contributed by atoms with Crippen LogP contribution in [0, 0.1) is 0 Å². The highest BCUT2D eigenvalue weighted by atomic mass is 16.4. The van der Waals surface area contributed by atoms with Crippen LogP contribution in [0.3, 0.4) is 0 Å². The molecule has 21 heavy (non-hydrogen) atoms. The van der Waals surface area contributed by atoms with Crippen molar-refractivity contribution in [2.24, 2.45) is 5.73 Å². The maximum Gasteiger partial charge on any atom is 0.335 e. The Bertz CT molecular complexity index is 792. The number of carboxylic acids is 1. The van der Waals surface area contributed by atoms with Gasteiger partial charge in [0.2, 0.25) is 0 Å². The molecule has 3 aromatic rings. The lowest BCUT2D eigenvalue weighted by molar-refractivity contribution is 0.0697. The Labute approximate surface area is 121 Å². The number of fused-ring (bicyclic) bond motifs is 1. The number of rotatable bonds is 3. The minimum Gasteiger partial charge on any atom is -0.478 e. The zero-order valence-electron chi connectivity index (χ0n) is 11.2. The van der Waals surface area contributed by atoms with E-state index in [1.807, 2.05) is 30.3 Å². The van der Waals surface area contributed by atoms with Crippen LogP contribution in [-0.4, -0.2) is 16.1 Å². The van der Waals surface area contributed by atoms with Crippen molar-refractivity contribution in [3.05, 3.63) is 77.5 Å². The molecule has 3 N–H and O–H groups in total. The fourth-order valence-electron chi connectivity index (χ4n) is 2.39. The highest BCUT2D eigenvalue weighted by Crippen LogP contribution is 2.26. The minimum atomic E-state index is -0.943. The predicted molar refractivity (Wildman–Crippen MR) is 81.2 cm³/mol. The Morgan fingerprint density at radius 3 is 2.48 bits per heavy atom. The molecule has 0 saturated heterocycles. The topological polar surface area (TPSA) is 76.2 Å². The number of carbonyl (C=O) groups is 1. The summed E-state index contributed by atoms with van der Waals surface area (Å²) in [6.45, 7) is 0. The van der Waals surface area contributed by atoms with Gasteiger partial charge in [-0.05, 0) is 29.3 Å². The molecule has 4 nitrogen and oxygen atoms in total. The number of nitrogens with two attached hydrogens (primary N) is 1. The second-order valence-electron chi connectivity index (χ2n) is 4.83. The number of aromatic nitrogens is 1. The zero-order valence-corrected chi connectivity index (χ0v) is 11.2. The number of benzene rings is 2. The van der Waals surface area contributed by atoms with Gasteiger partial charge in [0.1, 0.15) is 0 Å². The van der Waals surface area contributed by atoms with Gasteiger partial charge in [-0.2, -0.15) is 0 Å². The molecule has 0 aliphatic rings. The van der Waals surface area contributed by atoms with Crippen molar-refractivity contribution in [1.82, 2.24) is 4.98 Å². The maximum absolute atomic E-state index is 10.9. The van der Waals surface area contributed by atoms with Crippen LogP contribution in [0.4, 0.5) is 0 Å². The third-order valence-electron chi connectivity index (χ3n) is 3.52. The highest BCUT2D eigenvalue weighted by molar-refractivity contribution is 5.87. The van der Waals surface area contributed by atoms with Crippen LogP contribution >= 0.6 is 0 Å². The molecule has 0 amide bonds. The Morgan fingerprint density at radius 2 is 1.76 bits per heavy atom. The Kier molecular flexibility index (Phi) is 3.38. The summed E-state index contributed by atoms with van der Waals surface area (Å²) in [7, 11) is 0. The van der Waals surface area contributed by atoms with Gasteiger partial charge in [0, 0.05) is 11.6 Å². The molecule has 0 radical (unpaired) electrons. The summed E-state index contributed by atoms with van der Waals surface area (Å²) in [4.78, 5) is 15.3. The fraction of sp³-hybridized carbons (Fsp3) is 0.0588. The fourth-order valence-corrected chi connectivity index (χ4v) is 2.39. The van der Waals surface area contributed by atoms with Crippen LogP contribution in [-0.2, 0) is 0 Å². The van der Waals surface area contributed by atoms with E-state index in [-0.39, 0.29) is 11.6 Å². The molecule has 0 fully saturated rings. The summed E-state index contributed by atoms with van der Waals surface area (Å²) >= 11 is 0. The van der Waals surface area contributed by atoms with E-state index in [1.165, 1.54) is 0 Å². The van der Waals surface area contributed by atoms with E-state index in [0.29, 0.717) is 0 Å². The summed E-state index contributed by atoms with van der Waals surface area (Å²) in [6.07, 6.45) is 1.74. The maximum atomic E-state index is 10.9. The summed E-state index contributed by atoms with van der Waals surface area (Å²) in [5.74, 6) is -0.943. The number of nitrogens with zero attached hydrogens (tertiary/aromatic N) is 1. The second kappa shape index (κ2) is 5.34. The van der Waals surface area contributed by atoms with Crippen molar-refractivity contribution in [2.75, 3.05) is 0 Å². The molecule has 3 rings (SSSR count). The van der Waals surface area contributed by atoms with E-state index in [9.17, 15) is 4.79 Å². The molecule has 0 aliphatic heterocycles. The number of para-hydroxylation sites is 1. The van der Waals surface area contributed by atoms with Gasteiger partial charge in [0.05, 0.1) is 17.1 Å². The summed E-state index contributed by atoms with van der Waals surface area (Å²) < 4.78 is 0. The largest absolute Gasteiger partial charge is 0.478 e. The summed E-state index contributed by atoms with van der Waals surface area (Å²) in [6, 6.07) is 16.1. The standard InChI is InChI=1S/C17H14N2O2/c18-15(11-6-8-13(9-7-11)17(20)21)14-5-1-3-12-4-2-10-19-16(12)14/h1-10,15H,18H2,(H,20,21). The van der Waals surface area contributed by atoms with Crippen molar-refractivity contribution >= 4 is 16.9 Å². The SMILES string of the molecule is NC(c1ccc(C(=O)O)cc1)c1cccc2cccnc12.